The van der Waals surface area contributed by atoms with Gasteiger partial charge in [-0.15, -0.1) is 0 Å². The van der Waals surface area contributed by atoms with E-state index in [2.05, 4.69) is 9.97 Å². The van der Waals surface area contributed by atoms with Crippen LogP contribution in [0.25, 0.3) is 0 Å². The van der Waals surface area contributed by atoms with Gasteiger partial charge in [0, 0.05) is 12.6 Å². The Morgan fingerprint density at radius 3 is 2.77 bits per heavy atom. The number of carboxylic acids is 1. The molecule has 0 aliphatic carbocycles. The maximum atomic E-state index is 10.3. The molecule has 0 fully saturated rings. The predicted octanol–water partition coefficient (Wildman–Crippen LogP) is -1.93. The summed E-state index contributed by atoms with van der Waals surface area (Å²) in [5, 5.41) is 8.42. The van der Waals surface area contributed by atoms with E-state index in [1.54, 1.807) is 6.20 Å². The first-order chi connectivity index (χ1) is 5.20. The SMILES string of the molecule is NC(Cc1c[nH]cn1)C(=O)O.[KH].[NaH]. The molecule has 1 atom stereocenters. The first kappa shape index (κ1) is 16.7. The van der Waals surface area contributed by atoms with E-state index in [0.29, 0.717) is 5.69 Å². The van der Waals surface area contributed by atoms with E-state index in [-0.39, 0.29) is 87.4 Å². The fourth-order valence-corrected chi connectivity index (χ4v) is 0.715. The number of aromatic nitrogens is 2. The standard InChI is InChI=1S/C6H9N3O2.K.Na.2H/c7-5(6(10)11)1-4-2-8-3-9-4;;;;/h2-3,5H,1,7H2,(H,8,9)(H,10,11);;;;. The summed E-state index contributed by atoms with van der Waals surface area (Å²) in [6.45, 7) is 0. The van der Waals surface area contributed by atoms with Gasteiger partial charge in [-0.3, -0.25) is 4.79 Å². The van der Waals surface area contributed by atoms with Gasteiger partial charge >= 0.3 is 86.9 Å². The Balaban J connectivity index is 0. The second-order valence-corrected chi connectivity index (χ2v) is 2.21. The number of carbonyl (C=O) groups is 1. The summed E-state index contributed by atoms with van der Waals surface area (Å²) < 4.78 is 0. The third-order valence-corrected chi connectivity index (χ3v) is 1.30. The van der Waals surface area contributed by atoms with Crippen molar-refractivity contribution in [1.29, 1.82) is 0 Å². The summed E-state index contributed by atoms with van der Waals surface area (Å²) in [5.74, 6) is -1.01. The van der Waals surface area contributed by atoms with Gasteiger partial charge < -0.3 is 15.8 Å². The minimum atomic E-state index is -1.01. The van der Waals surface area contributed by atoms with Gasteiger partial charge in [-0.05, 0) is 0 Å². The topological polar surface area (TPSA) is 92.0 Å². The molecule has 0 aliphatic heterocycles. The number of aromatic amines is 1. The predicted molar refractivity (Wildman–Crippen MR) is 52.2 cm³/mol. The zero-order chi connectivity index (χ0) is 8.27. The summed E-state index contributed by atoms with van der Waals surface area (Å²) >= 11 is 0. The van der Waals surface area contributed by atoms with E-state index in [1.165, 1.54) is 6.33 Å². The molecule has 1 rings (SSSR count). The van der Waals surface area contributed by atoms with Crippen LogP contribution in [-0.4, -0.2) is 108 Å². The molecule has 5 nitrogen and oxygen atoms in total. The van der Waals surface area contributed by atoms with E-state index in [1.807, 2.05) is 0 Å². The summed E-state index contributed by atoms with van der Waals surface area (Å²) in [6.07, 6.45) is 3.38. The number of hydrogen-bond acceptors (Lipinski definition) is 3. The molecule has 1 heterocycles. The normalized spacial score (nSPS) is 10.8. The molecule has 0 saturated heterocycles. The molecule has 0 radical (unpaired) electrons. The first-order valence-electron chi connectivity index (χ1n) is 3.16. The molecule has 1 aromatic rings. The average molecular weight is 219 g/mol. The summed E-state index contributed by atoms with van der Waals surface area (Å²) in [4.78, 5) is 16.8. The van der Waals surface area contributed by atoms with Gasteiger partial charge in [-0.1, -0.05) is 0 Å². The fraction of sp³-hybridized carbons (Fsp3) is 0.333. The second-order valence-electron chi connectivity index (χ2n) is 2.21. The van der Waals surface area contributed by atoms with Crippen LogP contribution in [-0.2, 0) is 11.2 Å². The quantitative estimate of drug-likeness (QED) is 0.516. The molecule has 7 heteroatoms. The maximum absolute atomic E-state index is 10.3. The first-order valence-corrected chi connectivity index (χ1v) is 3.16. The minimum absolute atomic E-state index is 0. The van der Waals surface area contributed by atoms with E-state index < -0.39 is 12.0 Å². The Morgan fingerprint density at radius 2 is 2.38 bits per heavy atom. The van der Waals surface area contributed by atoms with Crippen molar-refractivity contribution in [3.05, 3.63) is 18.2 Å². The number of nitrogens with zero attached hydrogens (tertiary/aromatic N) is 1. The molecule has 4 N–H and O–H groups in total. The Hall–Kier alpha value is 1.28. The van der Waals surface area contributed by atoms with Crippen LogP contribution in [0, 0.1) is 0 Å². The van der Waals surface area contributed by atoms with Crippen LogP contribution in [0.5, 0.6) is 0 Å². The third-order valence-electron chi connectivity index (χ3n) is 1.30. The van der Waals surface area contributed by atoms with E-state index in [9.17, 15) is 4.79 Å². The number of nitrogens with two attached hydrogens (primary N) is 1. The molecule has 0 spiro atoms. The number of carboxylic acid groups (broad SMARTS) is 1. The average Bonchev–Trinajstić information content (AvgIpc) is 2.39. The van der Waals surface area contributed by atoms with Crippen molar-refractivity contribution in [1.82, 2.24) is 9.97 Å². The molecule has 0 saturated carbocycles. The molecule has 1 aromatic heterocycles. The molecule has 1 unspecified atom stereocenters. The van der Waals surface area contributed by atoms with E-state index in [4.69, 9.17) is 10.8 Å². The number of rotatable bonds is 3. The van der Waals surface area contributed by atoms with Crippen molar-refractivity contribution in [3.8, 4) is 0 Å². The molecule has 13 heavy (non-hydrogen) atoms. The van der Waals surface area contributed by atoms with E-state index >= 15 is 0 Å². The van der Waals surface area contributed by atoms with Gasteiger partial charge in [-0.25, -0.2) is 4.98 Å². The van der Waals surface area contributed by atoms with Gasteiger partial charge in [-0.2, -0.15) is 0 Å². The Labute approximate surface area is 141 Å². The molecular weight excluding hydrogens is 208 g/mol. The second kappa shape index (κ2) is 8.57. The number of nitrogens with one attached hydrogen (secondary N) is 1. The van der Waals surface area contributed by atoms with Gasteiger partial charge in [0.05, 0.1) is 12.0 Å². The van der Waals surface area contributed by atoms with Crippen molar-refractivity contribution < 1.29 is 9.90 Å². The van der Waals surface area contributed by atoms with Crippen molar-refractivity contribution in [2.75, 3.05) is 0 Å². The third kappa shape index (κ3) is 6.37. The van der Waals surface area contributed by atoms with Crippen molar-refractivity contribution >= 4 is 86.9 Å². The fourth-order valence-electron chi connectivity index (χ4n) is 0.715. The van der Waals surface area contributed by atoms with Crippen LogP contribution >= 0.6 is 0 Å². The zero-order valence-electron chi connectivity index (χ0n) is 5.82. The molecule has 0 aromatic carbocycles. The molecule has 64 valence electrons. The van der Waals surface area contributed by atoms with E-state index in [0.717, 1.165) is 0 Å². The van der Waals surface area contributed by atoms with Crippen molar-refractivity contribution in [2.45, 2.75) is 12.5 Å². The molecule has 0 bridgehead atoms. The van der Waals surface area contributed by atoms with Gasteiger partial charge in [0.15, 0.2) is 0 Å². The number of imidazole rings is 1. The molecule has 0 aliphatic rings. The molecule has 0 amide bonds. The summed E-state index contributed by atoms with van der Waals surface area (Å²) in [5.41, 5.74) is 5.92. The van der Waals surface area contributed by atoms with Gasteiger partial charge in [0.1, 0.15) is 6.04 Å². The Bertz CT molecular complexity index is 242. The van der Waals surface area contributed by atoms with Crippen LogP contribution < -0.4 is 5.73 Å². The Kier molecular flexibility index (Phi) is 11.0. The number of aliphatic carboxylic acids is 1. The van der Waals surface area contributed by atoms with Crippen LogP contribution in [0.3, 0.4) is 0 Å². The monoisotopic (exact) mass is 219 g/mol. The van der Waals surface area contributed by atoms with Crippen LogP contribution in [0.4, 0.5) is 0 Å². The summed E-state index contributed by atoms with van der Waals surface area (Å²) in [6, 6.07) is -0.863. The summed E-state index contributed by atoms with van der Waals surface area (Å²) in [7, 11) is 0. The molecular formula is C6H11KN3NaO2. The van der Waals surface area contributed by atoms with Crippen molar-refractivity contribution in [3.63, 3.8) is 0 Å². The Morgan fingerprint density at radius 1 is 1.77 bits per heavy atom. The van der Waals surface area contributed by atoms with Crippen molar-refractivity contribution in [2.24, 2.45) is 5.73 Å². The zero-order valence-corrected chi connectivity index (χ0v) is 5.82. The van der Waals surface area contributed by atoms with Crippen LogP contribution in [0.2, 0.25) is 0 Å². The number of hydrogen-bond donors (Lipinski definition) is 3. The number of H-pyrrole nitrogens is 1. The van der Waals surface area contributed by atoms with Crippen LogP contribution in [0.1, 0.15) is 5.69 Å². The van der Waals surface area contributed by atoms with Crippen LogP contribution in [0.15, 0.2) is 12.5 Å². The van der Waals surface area contributed by atoms with Gasteiger partial charge in [0.2, 0.25) is 0 Å². The van der Waals surface area contributed by atoms with Gasteiger partial charge in [0.25, 0.3) is 0 Å².